The highest BCUT2D eigenvalue weighted by atomic mass is 16.6. The van der Waals surface area contributed by atoms with Crippen LogP contribution < -0.4 is 0 Å². The molecular formula is C15H10N2O3. The number of Topliss-reactive ketones (excluding diaryl/α,β-unsaturated/α-hetero) is 1. The van der Waals surface area contributed by atoms with Crippen LogP contribution in [-0.4, -0.2) is 10.7 Å². The Bertz CT molecular complexity index is 677. The molecule has 0 N–H and O–H groups in total. The van der Waals surface area contributed by atoms with Gasteiger partial charge in [-0.05, 0) is 0 Å². The molecule has 0 spiro atoms. The van der Waals surface area contributed by atoms with Gasteiger partial charge >= 0.3 is 5.54 Å². The Balaban J connectivity index is 2.64. The van der Waals surface area contributed by atoms with Crippen LogP contribution in [0.2, 0.25) is 0 Å². The smallest absolute Gasteiger partial charge is 0.284 e. The van der Waals surface area contributed by atoms with Crippen LogP contribution in [0.5, 0.6) is 0 Å². The van der Waals surface area contributed by atoms with Crippen LogP contribution in [0.15, 0.2) is 60.7 Å². The van der Waals surface area contributed by atoms with Gasteiger partial charge in [0.25, 0.3) is 5.78 Å². The van der Waals surface area contributed by atoms with Gasteiger partial charge in [0.2, 0.25) is 0 Å². The zero-order chi connectivity index (χ0) is 14.6. The van der Waals surface area contributed by atoms with Gasteiger partial charge in [-0.25, -0.2) is 0 Å². The van der Waals surface area contributed by atoms with Crippen molar-refractivity contribution in [2.24, 2.45) is 0 Å². The van der Waals surface area contributed by atoms with Crippen molar-refractivity contribution in [2.45, 2.75) is 5.54 Å². The van der Waals surface area contributed by atoms with E-state index in [0.29, 0.717) is 0 Å². The van der Waals surface area contributed by atoms with E-state index in [0.717, 1.165) is 0 Å². The van der Waals surface area contributed by atoms with E-state index in [1.807, 2.05) is 0 Å². The van der Waals surface area contributed by atoms with Crippen molar-refractivity contribution in [1.29, 1.82) is 5.26 Å². The fraction of sp³-hybridized carbons (Fsp3) is 0.0667. The third kappa shape index (κ3) is 2.04. The topological polar surface area (TPSA) is 84.0 Å². The Labute approximate surface area is 115 Å². The number of nitro groups is 1. The second kappa shape index (κ2) is 5.33. The van der Waals surface area contributed by atoms with E-state index in [1.54, 1.807) is 42.5 Å². The lowest BCUT2D eigenvalue weighted by Crippen LogP contribution is -2.42. The van der Waals surface area contributed by atoms with E-state index in [-0.39, 0.29) is 11.1 Å². The maximum Gasteiger partial charge on any atom is 0.391 e. The van der Waals surface area contributed by atoms with Gasteiger partial charge in [0.15, 0.2) is 6.07 Å². The maximum atomic E-state index is 12.5. The Morgan fingerprint density at radius 1 is 1.05 bits per heavy atom. The highest BCUT2D eigenvalue weighted by Crippen LogP contribution is 2.28. The summed E-state index contributed by atoms with van der Waals surface area (Å²) in [5.74, 6) is -0.836. The lowest BCUT2D eigenvalue weighted by atomic mass is 9.84. The normalized spacial score (nSPS) is 12.9. The van der Waals surface area contributed by atoms with Gasteiger partial charge < -0.3 is 0 Å². The van der Waals surface area contributed by atoms with Gasteiger partial charge in [0.1, 0.15) is 0 Å². The van der Waals surface area contributed by atoms with E-state index >= 15 is 0 Å². The molecule has 0 bridgehead atoms. The molecule has 1 unspecified atom stereocenters. The molecule has 0 aromatic heterocycles. The predicted molar refractivity (Wildman–Crippen MR) is 71.5 cm³/mol. The van der Waals surface area contributed by atoms with Crippen molar-refractivity contribution in [3.8, 4) is 6.07 Å². The Hall–Kier alpha value is -3.00. The number of hydrogen-bond acceptors (Lipinski definition) is 4. The summed E-state index contributed by atoms with van der Waals surface area (Å²) in [7, 11) is 0. The summed E-state index contributed by atoms with van der Waals surface area (Å²) in [6.45, 7) is 0. The summed E-state index contributed by atoms with van der Waals surface area (Å²) < 4.78 is 0. The molecule has 0 saturated carbocycles. The van der Waals surface area contributed by atoms with E-state index in [1.165, 1.54) is 24.3 Å². The molecular weight excluding hydrogens is 256 g/mol. The quantitative estimate of drug-likeness (QED) is 0.483. The van der Waals surface area contributed by atoms with Crippen molar-refractivity contribution in [3.05, 3.63) is 81.9 Å². The van der Waals surface area contributed by atoms with Crippen molar-refractivity contribution >= 4 is 5.78 Å². The van der Waals surface area contributed by atoms with Gasteiger partial charge in [0.05, 0.1) is 10.5 Å². The lowest BCUT2D eigenvalue weighted by molar-refractivity contribution is -0.540. The van der Waals surface area contributed by atoms with Gasteiger partial charge in [0, 0.05) is 5.56 Å². The molecule has 0 amide bonds. The molecule has 0 heterocycles. The fourth-order valence-corrected chi connectivity index (χ4v) is 1.95. The lowest BCUT2D eigenvalue weighted by Gasteiger charge is -2.17. The molecule has 2 rings (SSSR count). The standard InChI is InChI=1S/C15H10N2O3/c16-11-15(17(19)20,13-9-5-2-6-10-13)14(18)12-7-3-1-4-8-12/h1-10H. The molecule has 0 aliphatic carbocycles. The zero-order valence-electron chi connectivity index (χ0n) is 10.4. The van der Waals surface area contributed by atoms with Crippen LogP contribution in [-0.2, 0) is 5.54 Å². The van der Waals surface area contributed by atoms with Crippen molar-refractivity contribution in [3.63, 3.8) is 0 Å². The average Bonchev–Trinajstić information content (AvgIpc) is 2.50. The molecule has 5 nitrogen and oxygen atoms in total. The van der Waals surface area contributed by atoms with Crippen LogP contribution >= 0.6 is 0 Å². The first kappa shape index (κ1) is 13.4. The Kier molecular flexibility index (Phi) is 3.58. The third-order valence-corrected chi connectivity index (χ3v) is 2.99. The van der Waals surface area contributed by atoms with E-state index in [2.05, 4.69) is 0 Å². The van der Waals surface area contributed by atoms with Gasteiger partial charge in [-0.1, -0.05) is 60.7 Å². The Morgan fingerprint density at radius 2 is 1.55 bits per heavy atom. The zero-order valence-corrected chi connectivity index (χ0v) is 10.4. The number of ketones is 1. The maximum absolute atomic E-state index is 12.5. The molecule has 0 fully saturated rings. The molecule has 0 saturated heterocycles. The molecule has 2 aromatic carbocycles. The predicted octanol–water partition coefficient (Wildman–Crippen LogP) is 2.57. The van der Waals surface area contributed by atoms with E-state index < -0.39 is 16.2 Å². The van der Waals surface area contributed by atoms with E-state index in [9.17, 15) is 20.2 Å². The van der Waals surface area contributed by atoms with Gasteiger partial charge in [-0.3, -0.25) is 14.9 Å². The first-order chi connectivity index (χ1) is 9.63. The second-order valence-electron chi connectivity index (χ2n) is 4.14. The third-order valence-electron chi connectivity index (χ3n) is 2.99. The number of carbonyl (C=O) groups is 1. The first-order valence-corrected chi connectivity index (χ1v) is 5.84. The van der Waals surface area contributed by atoms with Crippen LogP contribution in [0.3, 0.4) is 0 Å². The second-order valence-corrected chi connectivity index (χ2v) is 4.14. The van der Waals surface area contributed by atoms with Crippen LogP contribution in [0.4, 0.5) is 0 Å². The molecule has 5 heteroatoms. The molecule has 0 radical (unpaired) electrons. The highest BCUT2D eigenvalue weighted by molar-refractivity contribution is 6.04. The van der Waals surface area contributed by atoms with Crippen LogP contribution in [0, 0.1) is 21.4 Å². The summed E-state index contributed by atoms with van der Waals surface area (Å²) >= 11 is 0. The minimum Gasteiger partial charge on any atom is -0.284 e. The summed E-state index contributed by atoms with van der Waals surface area (Å²) in [5.41, 5.74) is -2.22. The summed E-state index contributed by atoms with van der Waals surface area (Å²) in [5, 5.41) is 20.7. The highest BCUT2D eigenvalue weighted by Gasteiger charge is 2.53. The molecule has 1 atom stereocenters. The number of hydrogen-bond donors (Lipinski definition) is 0. The van der Waals surface area contributed by atoms with Crippen LogP contribution in [0.25, 0.3) is 0 Å². The number of carbonyl (C=O) groups excluding carboxylic acids is 1. The monoisotopic (exact) mass is 266 g/mol. The molecule has 0 aliphatic heterocycles. The molecule has 98 valence electrons. The van der Waals surface area contributed by atoms with Crippen molar-refractivity contribution in [1.82, 2.24) is 0 Å². The van der Waals surface area contributed by atoms with Crippen LogP contribution in [0.1, 0.15) is 15.9 Å². The number of nitriles is 1. The number of rotatable bonds is 4. The first-order valence-electron chi connectivity index (χ1n) is 5.84. The average molecular weight is 266 g/mol. The number of benzene rings is 2. The van der Waals surface area contributed by atoms with Crippen molar-refractivity contribution < 1.29 is 9.72 Å². The fourth-order valence-electron chi connectivity index (χ4n) is 1.95. The summed E-state index contributed by atoms with van der Waals surface area (Å²) in [6, 6.07) is 17.0. The SMILES string of the molecule is N#CC(C(=O)c1ccccc1)(c1ccccc1)[N+](=O)[O-]. The molecule has 0 aliphatic rings. The number of nitrogens with zero attached hydrogens (tertiary/aromatic N) is 2. The summed E-state index contributed by atoms with van der Waals surface area (Å²) in [4.78, 5) is 23.1. The van der Waals surface area contributed by atoms with Crippen molar-refractivity contribution in [2.75, 3.05) is 0 Å². The summed E-state index contributed by atoms with van der Waals surface area (Å²) in [6.07, 6.45) is 0. The van der Waals surface area contributed by atoms with Gasteiger partial charge in [-0.2, -0.15) is 5.26 Å². The molecule has 20 heavy (non-hydrogen) atoms. The minimum absolute atomic E-state index is 0.0568. The largest absolute Gasteiger partial charge is 0.391 e. The molecule has 2 aromatic rings. The van der Waals surface area contributed by atoms with Gasteiger partial charge in [-0.15, -0.1) is 0 Å². The minimum atomic E-state index is -2.41. The Morgan fingerprint density at radius 3 is 2.00 bits per heavy atom. The van der Waals surface area contributed by atoms with E-state index in [4.69, 9.17) is 0 Å².